The van der Waals surface area contributed by atoms with Gasteiger partial charge in [0.2, 0.25) is 0 Å². The molecule has 0 unspecified atom stereocenters. The molecule has 2 heterocycles. The molecule has 3 rings (SSSR count). The van der Waals surface area contributed by atoms with Crippen molar-refractivity contribution in [2.75, 3.05) is 19.6 Å². The number of aliphatic carboxylic acids is 1. The molecule has 1 aromatic carbocycles. The first-order chi connectivity index (χ1) is 12.1. The van der Waals surface area contributed by atoms with Crippen LogP contribution in [-0.4, -0.2) is 45.4 Å². The normalized spacial score (nSPS) is 15.9. The Morgan fingerprint density at radius 3 is 2.76 bits per heavy atom. The highest BCUT2D eigenvalue weighted by atomic mass is 16.4. The molecule has 0 radical (unpaired) electrons. The fourth-order valence-corrected chi connectivity index (χ4v) is 3.12. The summed E-state index contributed by atoms with van der Waals surface area (Å²) in [6, 6.07) is 10.3. The number of benzene rings is 1. The molecule has 0 saturated heterocycles. The van der Waals surface area contributed by atoms with Crippen LogP contribution >= 0.6 is 0 Å². The van der Waals surface area contributed by atoms with E-state index in [1.807, 2.05) is 43.7 Å². The number of carbonyl (C=O) groups is 1. The Kier molecular flexibility index (Phi) is 5.46. The van der Waals surface area contributed by atoms with Gasteiger partial charge in [0.25, 0.3) is 0 Å². The molecule has 0 atom stereocenters. The molecular weight excluding hydrogens is 314 g/mol. The second-order valence-corrected chi connectivity index (χ2v) is 6.27. The summed E-state index contributed by atoms with van der Waals surface area (Å²) >= 11 is 0. The van der Waals surface area contributed by atoms with Gasteiger partial charge in [-0.3, -0.25) is 9.58 Å². The first-order valence-corrected chi connectivity index (χ1v) is 8.53. The van der Waals surface area contributed by atoms with Crippen molar-refractivity contribution in [1.29, 1.82) is 0 Å². The van der Waals surface area contributed by atoms with Crippen LogP contribution in [0.3, 0.4) is 0 Å². The molecule has 5 nitrogen and oxygen atoms in total. The second-order valence-electron chi connectivity index (χ2n) is 6.27. The van der Waals surface area contributed by atoms with Gasteiger partial charge < -0.3 is 5.11 Å². The first-order valence-electron chi connectivity index (χ1n) is 8.53. The lowest BCUT2D eigenvalue weighted by molar-refractivity contribution is -0.133. The lowest BCUT2D eigenvalue weighted by Crippen LogP contribution is -2.32. The molecule has 0 fully saturated rings. The van der Waals surface area contributed by atoms with Crippen molar-refractivity contribution in [3.8, 4) is 0 Å². The summed E-state index contributed by atoms with van der Waals surface area (Å²) in [4.78, 5) is 13.3. The molecule has 130 valence electrons. The molecule has 1 N–H and O–H groups in total. The zero-order valence-electron chi connectivity index (χ0n) is 14.4. The smallest absolute Gasteiger partial charge is 0.332 e. The second kappa shape index (κ2) is 7.94. The highest BCUT2D eigenvalue weighted by Gasteiger charge is 2.16. The lowest BCUT2D eigenvalue weighted by Gasteiger charge is -2.25. The first kappa shape index (κ1) is 17.2. The number of nitrogens with zero attached hydrogens (tertiary/aromatic N) is 3. The average Bonchev–Trinajstić information content (AvgIpc) is 3.06. The van der Waals surface area contributed by atoms with E-state index in [-0.39, 0.29) is 0 Å². The van der Waals surface area contributed by atoms with Crippen LogP contribution in [-0.2, 0) is 11.8 Å². The van der Waals surface area contributed by atoms with Crippen LogP contribution in [0.4, 0.5) is 0 Å². The van der Waals surface area contributed by atoms with E-state index in [0.717, 1.165) is 31.5 Å². The average molecular weight is 337 g/mol. The molecular formula is C20H23N3O2. The Bertz CT molecular complexity index is 790. The number of carboxylic acid groups (broad SMARTS) is 1. The molecule has 0 aliphatic carbocycles. The topological polar surface area (TPSA) is 58.4 Å². The quantitative estimate of drug-likeness (QED) is 0.880. The van der Waals surface area contributed by atoms with Crippen molar-refractivity contribution in [1.82, 2.24) is 14.7 Å². The van der Waals surface area contributed by atoms with Crippen molar-refractivity contribution in [2.24, 2.45) is 7.05 Å². The van der Waals surface area contributed by atoms with Crippen molar-refractivity contribution >= 4 is 11.5 Å². The molecule has 1 aromatic heterocycles. The standard InChI is InChI=1S/C20H23N3O2/c1-22-14-18(13-21-22)19(16-7-3-2-4-8-16)10-6-12-23-11-5-9-17(15-23)20(24)25/h2-4,7-10,13-14H,5-6,11-12,15H2,1H3,(H,24,25). The maximum atomic E-state index is 11.1. The zero-order valence-corrected chi connectivity index (χ0v) is 14.4. The van der Waals surface area contributed by atoms with Gasteiger partial charge in [0, 0.05) is 44.0 Å². The predicted octanol–water partition coefficient (Wildman–Crippen LogP) is 2.96. The number of hydrogen-bond donors (Lipinski definition) is 1. The minimum absolute atomic E-state index is 0.505. The lowest BCUT2D eigenvalue weighted by atomic mass is 9.99. The van der Waals surface area contributed by atoms with E-state index >= 15 is 0 Å². The Hall–Kier alpha value is -2.66. The SMILES string of the molecule is Cn1cc(C(=CCCN2CCC=C(C(=O)O)C2)c2ccccc2)cn1. The Labute approximate surface area is 147 Å². The zero-order chi connectivity index (χ0) is 17.6. The van der Waals surface area contributed by atoms with E-state index in [4.69, 9.17) is 5.11 Å². The van der Waals surface area contributed by atoms with E-state index in [1.54, 1.807) is 4.68 Å². The van der Waals surface area contributed by atoms with Crippen LogP contribution in [0.2, 0.25) is 0 Å². The van der Waals surface area contributed by atoms with Gasteiger partial charge >= 0.3 is 5.97 Å². The van der Waals surface area contributed by atoms with Crippen LogP contribution in [0, 0.1) is 0 Å². The number of aromatic nitrogens is 2. The summed E-state index contributed by atoms with van der Waals surface area (Å²) in [7, 11) is 1.92. The van der Waals surface area contributed by atoms with Gasteiger partial charge in [-0.1, -0.05) is 42.5 Å². The van der Waals surface area contributed by atoms with Gasteiger partial charge in [-0.25, -0.2) is 4.79 Å². The van der Waals surface area contributed by atoms with Gasteiger partial charge in [-0.15, -0.1) is 0 Å². The summed E-state index contributed by atoms with van der Waals surface area (Å²) in [6.45, 7) is 2.29. The molecule has 1 aliphatic rings. The van der Waals surface area contributed by atoms with E-state index in [9.17, 15) is 4.79 Å². The van der Waals surface area contributed by atoms with E-state index in [1.165, 1.54) is 11.1 Å². The minimum atomic E-state index is -0.805. The third-order valence-corrected chi connectivity index (χ3v) is 4.40. The highest BCUT2D eigenvalue weighted by Crippen LogP contribution is 2.23. The molecule has 2 aromatic rings. The molecule has 0 amide bonds. The largest absolute Gasteiger partial charge is 0.478 e. The van der Waals surface area contributed by atoms with E-state index in [0.29, 0.717) is 12.1 Å². The monoisotopic (exact) mass is 337 g/mol. The Morgan fingerprint density at radius 2 is 2.08 bits per heavy atom. The van der Waals surface area contributed by atoms with Crippen molar-refractivity contribution in [3.63, 3.8) is 0 Å². The van der Waals surface area contributed by atoms with Crippen molar-refractivity contribution in [2.45, 2.75) is 12.8 Å². The summed E-state index contributed by atoms with van der Waals surface area (Å²) in [5, 5.41) is 13.4. The van der Waals surface area contributed by atoms with Gasteiger partial charge in [-0.2, -0.15) is 5.10 Å². The maximum Gasteiger partial charge on any atom is 0.332 e. The number of hydrogen-bond acceptors (Lipinski definition) is 3. The van der Waals surface area contributed by atoms with E-state index in [2.05, 4.69) is 28.2 Å². The van der Waals surface area contributed by atoms with Crippen molar-refractivity contribution in [3.05, 3.63) is 71.6 Å². The fraction of sp³-hybridized carbons (Fsp3) is 0.300. The summed E-state index contributed by atoms with van der Waals surface area (Å²) in [5.74, 6) is -0.805. The Morgan fingerprint density at radius 1 is 1.28 bits per heavy atom. The van der Waals surface area contributed by atoms with Gasteiger partial charge in [0.05, 0.1) is 6.20 Å². The molecule has 0 saturated carbocycles. The number of aryl methyl sites for hydroxylation is 1. The molecule has 0 bridgehead atoms. The summed E-state index contributed by atoms with van der Waals surface area (Å²) in [5.41, 5.74) is 3.93. The molecule has 5 heteroatoms. The van der Waals surface area contributed by atoms with Crippen LogP contribution in [0.5, 0.6) is 0 Å². The molecule has 25 heavy (non-hydrogen) atoms. The van der Waals surface area contributed by atoms with E-state index < -0.39 is 5.97 Å². The Balaban J connectivity index is 1.72. The number of rotatable bonds is 6. The predicted molar refractivity (Wildman–Crippen MR) is 98.1 cm³/mol. The fourth-order valence-electron chi connectivity index (χ4n) is 3.12. The highest BCUT2D eigenvalue weighted by molar-refractivity contribution is 5.87. The van der Waals surface area contributed by atoms with Gasteiger partial charge in [0.1, 0.15) is 0 Å². The summed E-state index contributed by atoms with van der Waals surface area (Å²) in [6.07, 6.45) is 9.63. The van der Waals surface area contributed by atoms with Crippen LogP contribution in [0.15, 0.2) is 60.5 Å². The minimum Gasteiger partial charge on any atom is -0.478 e. The van der Waals surface area contributed by atoms with Gasteiger partial charge in [-0.05, 0) is 24.0 Å². The van der Waals surface area contributed by atoms with Crippen LogP contribution in [0.1, 0.15) is 24.0 Å². The third-order valence-electron chi connectivity index (χ3n) is 4.40. The van der Waals surface area contributed by atoms with Gasteiger partial charge in [0.15, 0.2) is 0 Å². The summed E-state index contributed by atoms with van der Waals surface area (Å²) < 4.78 is 1.81. The van der Waals surface area contributed by atoms with Crippen molar-refractivity contribution < 1.29 is 9.90 Å². The number of carboxylic acids is 1. The third kappa shape index (κ3) is 4.45. The van der Waals surface area contributed by atoms with Crippen LogP contribution < -0.4 is 0 Å². The van der Waals surface area contributed by atoms with Crippen LogP contribution in [0.25, 0.3) is 5.57 Å². The maximum absolute atomic E-state index is 11.1. The molecule has 0 spiro atoms. The molecule has 1 aliphatic heterocycles.